The number of amides is 1. The van der Waals surface area contributed by atoms with E-state index in [0.29, 0.717) is 21.4 Å². The second-order valence-corrected chi connectivity index (χ2v) is 6.46. The molecule has 0 aliphatic rings. The molecule has 2 N–H and O–H groups in total. The van der Waals surface area contributed by atoms with E-state index < -0.39 is 6.10 Å². The van der Waals surface area contributed by atoms with Gasteiger partial charge in [-0.2, -0.15) is 0 Å². The molecule has 1 atom stereocenters. The van der Waals surface area contributed by atoms with E-state index in [1.165, 1.54) is 18.2 Å². The number of aliphatic hydroxyl groups excluding tert-OH is 1. The Labute approximate surface area is 159 Å². The van der Waals surface area contributed by atoms with Crippen molar-refractivity contribution in [2.75, 3.05) is 13.2 Å². The molecule has 2 rings (SSSR count). The summed E-state index contributed by atoms with van der Waals surface area (Å²) in [6.45, 7) is -0.0566. The van der Waals surface area contributed by atoms with Gasteiger partial charge in [0.15, 0.2) is 0 Å². The molecule has 0 aliphatic heterocycles. The smallest absolute Gasteiger partial charge is 0.251 e. The molecule has 0 bridgehead atoms. The Hall–Kier alpha value is -1.17. The Balaban J connectivity index is 1.84. The highest BCUT2D eigenvalue weighted by atomic mass is 35.5. The summed E-state index contributed by atoms with van der Waals surface area (Å²) in [6, 6.07) is 9.47. The van der Waals surface area contributed by atoms with Crippen molar-refractivity contribution >= 4 is 52.3 Å². The minimum Gasteiger partial charge on any atom is -0.489 e. The predicted molar refractivity (Wildman–Crippen MR) is 96.8 cm³/mol. The first kappa shape index (κ1) is 19.2. The maximum Gasteiger partial charge on any atom is 0.251 e. The largest absolute Gasteiger partial charge is 0.489 e. The van der Waals surface area contributed by atoms with Crippen LogP contribution in [0.1, 0.15) is 10.4 Å². The van der Waals surface area contributed by atoms with Crippen molar-refractivity contribution in [1.29, 1.82) is 0 Å². The lowest BCUT2D eigenvalue weighted by Gasteiger charge is -2.14. The number of carbonyl (C=O) groups excluding carboxylic acids is 1. The quantitative estimate of drug-likeness (QED) is 0.741. The Bertz CT molecular complexity index is 739. The minimum atomic E-state index is -0.924. The van der Waals surface area contributed by atoms with Crippen LogP contribution in [-0.2, 0) is 0 Å². The molecule has 1 unspecified atom stereocenters. The fraction of sp³-hybridized carbons (Fsp3) is 0.188. The first-order valence-corrected chi connectivity index (χ1v) is 8.38. The Morgan fingerprint density at radius 2 is 1.83 bits per heavy atom. The van der Waals surface area contributed by atoms with Crippen molar-refractivity contribution in [1.82, 2.24) is 5.32 Å². The number of halogens is 4. The molecule has 0 saturated carbocycles. The van der Waals surface area contributed by atoms with E-state index in [0.717, 1.165) is 0 Å². The summed E-state index contributed by atoms with van der Waals surface area (Å²) in [7, 11) is 0. The van der Waals surface area contributed by atoms with Gasteiger partial charge in [-0.05, 0) is 30.3 Å². The fourth-order valence-corrected chi connectivity index (χ4v) is 2.43. The van der Waals surface area contributed by atoms with E-state index in [9.17, 15) is 9.90 Å². The zero-order valence-corrected chi connectivity index (χ0v) is 15.3. The van der Waals surface area contributed by atoms with E-state index in [4.69, 9.17) is 51.1 Å². The lowest BCUT2D eigenvalue weighted by atomic mass is 10.2. The average Bonchev–Trinajstić information content (AvgIpc) is 2.56. The summed E-state index contributed by atoms with van der Waals surface area (Å²) in [5, 5.41) is 13.8. The van der Waals surface area contributed by atoms with Crippen molar-refractivity contribution in [3.05, 3.63) is 62.1 Å². The van der Waals surface area contributed by atoms with Crippen LogP contribution < -0.4 is 10.1 Å². The van der Waals surface area contributed by atoms with E-state index >= 15 is 0 Å². The molecule has 4 nitrogen and oxygen atoms in total. The summed E-state index contributed by atoms with van der Waals surface area (Å²) >= 11 is 23.5. The van der Waals surface area contributed by atoms with Gasteiger partial charge >= 0.3 is 0 Å². The predicted octanol–water partition coefficient (Wildman–Crippen LogP) is 4.47. The van der Waals surface area contributed by atoms with Crippen molar-refractivity contribution in [3.8, 4) is 5.75 Å². The SMILES string of the molecule is O=C(NCC(O)COc1cccc(Cl)c1Cl)c1ccc(Cl)c(Cl)c1. The molecule has 2 aromatic rings. The molecule has 1 amide bonds. The Kier molecular flexibility index (Phi) is 7.02. The van der Waals surface area contributed by atoms with Gasteiger partial charge in [0.2, 0.25) is 0 Å². The number of rotatable bonds is 6. The summed E-state index contributed by atoms with van der Waals surface area (Å²) in [4.78, 5) is 12.0. The van der Waals surface area contributed by atoms with E-state index in [1.807, 2.05) is 0 Å². The Morgan fingerprint density at radius 3 is 2.54 bits per heavy atom. The van der Waals surface area contributed by atoms with Crippen LogP contribution in [0, 0.1) is 0 Å². The number of ether oxygens (including phenoxy) is 1. The highest BCUT2D eigenvalue weighted by Gasteiger charge is 2.12. The third-order valence-electron chi connectivity index (χ3n) is 3.03. The van der Waals surface area contributed by atoms with Crippen LogP contribution in [0.2, 0.25) is 20.1 Å². The second kappa shape index (κ2) is 8.79. The van der Waals surface area contributed by atoms with Gasteiger partial charge in [-0.3, -0.25) is 4.79 Å². The molecule has 8 heteroatoms. The van der Waals surface area contributed by atoms with E-state index in [1.54, 1.807) is 18.2 Å². The normalized spacial score (nSPS) is 11.9. The van der Waals surface area contributed by atoms with Gasteiger partial charge in [-0.25, -0.2) is 0 Å². The van der Waals surface area contributed by atoms with Crippen LogP contribution in [0.5, 0.6) is 5.75 Å². The number of carbonyl (C=O) groups is 1. The highest BCUT2D eigenvalue weighted by Crippen LogP contribution is 2.31. The number of hydrogen-bond acceptors (Lipinski definition) is 3. The molecular formula is C16H13Cl4NO3. The van der Waals surface area contributed by atoms with E-state index in [2.05, 4.69) is 5.32 Å². The van der Waals surface area contributed by atoms with Crippen LogP contribution >= 0.6 is 46.4 Å². The van der Waals surface area contributed by atoms with Gasteiger partial charge in [0.1, 0.15) is 23.5 Å². The molecule has 0 heterocycles. The lowest BCUT2D eigenvalue weighted by Crippen LogP contribution is -2.35. The van der Waals surface area contributed by atoms with Crippen LogP contribution in [0.4, 0.5) is 0 Å². The highest BCUT2D eigenvalue weighted by molar-refractivity contribution is 6.43. The van der Waals surface area contributed by atoms with Crippen molar-refractivity contribution in [3.63, 3.8) is 0 Å². The van der Waals surface area contributed by atoms with E-state index in [-0.39, 0.29) is 29.1 Å². The van der Waals surface area contributed by atoms with Gasteiger partial charge in [-0.1, -0.05) is 52.5 Å². The standard InChI is InChI=1S/C16H13Cl4NO3/c17-11-5-4-9(6-13(11)19)16(23)21-7-10(22)8-24-14-3-1-2-12(18)15(14)20/h1-6,10,22H,7-8H2,(H,21,23). The molecule has 0 radical (unpaired) electrons. The molecule has 0 aromatic heterocycles. The Morgan fingerprint density at radius 1 is 1.08 bits per heavy atom. The summed E-state index contributed by atoms with van der Waals surface area (Å²) in [5.74, 6) is -0.0209. The molecular weight excluding hydrogens is 396 g/mol. The minimum absolute atomic E-state index is 0.00271. The maximum atomic E-state index is 12.0. The number of nitrogens with one attached hydrogen (secondary N) is 1. The lowest BCUT2D eigenvalue weighted by molar-refractivity contribution is 0.0844. The third-order valence-corrected chi connectivity index (χ3v) is 4.57. The van der Waals surface area contributed by atoms with Crippen LogP contribution in [0.3, 0.4) is 0 Å². The molecule has 24 heavy (non-hydrogen) atoms. The molecule has 0 fully saturated rings. The first-order chi connectivity index (χ1) is 11.4. The van der Waals surface area contributed by atoms with Gasteiger partial charge in [-0.15, -0.1) is 0 Å². The topological polar surface area (TPSA) is 58.6 Å². The number of benzene rings is 2. The van der Waals surface area contributed by atoms with Gasteiger partial charge in [0.05, 0.1) is 15.1 Å². The monoisotopic (exact) mass is 407 g/mol. The summed E-state index contributed by atoms with van der Waals surface area (Å²) in [5.41, 5.74) is 0.343. The van der Waals surface area contributed by atoms with Crippen molar-refractivity contribution < 1.29 is 14.6 Å². The zero-order valence-electron chi connectivity index (χ0n) is 12.2. The van der Waals surface area contributed by atoms with Gasteiger partial charge in [0, 0.05) is 12.1 Å². The second-order valence-electron chi connectivity index (χ2n) is 4.86. The molecule has 2 aromatic carbocycles. The fourth-order valence-electron chi connectivity index (χ4n) is 1.79. The summed E-state index contributed by atoms with van der Waals surface area (Å²) < 4.78 is 5.40. The first-order valence-electron chi connectivity index (χ1n) is 6.86. The van der Waals surface area contributed by atoms with Crippen LogP contribution in [0.25, 0.3) is 0 Å². The van der Waals surface area contributed by atoms with Crippen molar-refractivity contribution in [2.24, 2.45) is 0 Å². The molecule has 0 spiro atoms. The zero-order chi connectivity index (χ0) is 17.7. The third kappa shape index (κ3) is 5.16. The van der Waals surface area contributed by atoms with Gasteiger partial charge < -0.3 is 15.2 Å². The average molecular weight is 409 g/mol. The van der Waals surface area contributed by atoms with Gasteiger partial charge in [0.25, 0.3) is 5.91 Å². The molecule has 128 valence electrons. The number of aliphatic hydroxyl groups is 1. The maximum absolute atomic E-state index is 12.0. The molecule has 0 saturated heterocycles. The van der Waals surface area contributed by atoms with Crippen molar-refractivity contribution in [2.45, 2.75) is 6.10 Å². The summed E-state index contributed by atoms with van der Waals surface area (Å²) in [6.07, 6.45) is -0.924. The van der Waals surface area contributed by atoms with Crippen LogP contribution in [-0.4, -0.2) is 30.3 Å². The number of hydrogen-bond donors (Lipinski definition) is 2. The molecule has 0 aliphatic carbocycles. The van der Waals surface area contributed by atoms with Crippen LogP contribution in [0.15, 0.2) is 36.4 Å².